The van der Waals surface area contributed by atoms with Gasteiger partial charge < -0.3 is 0 Å². The van der Waals surface area contributed by atoms with Gasteiger partial charge in [0, 0.05) is 12.4 Å². The minimum atomic E-state index is 0.0948. The SMILES string of the molecule is N#CSC1c2ccccc2CCc2ccncc21. The lowest BCUT2D eigenvalue weighted by Crippen LogP contribution is -1.99. The van der Waals surface area contributed by atoms with Crippen LogP contribution < -0.4 is 0 Å². The number of thiocyanates is 1. The van der Waals surface area contributed by atoms with Crippen LogP contribution in [0.3, 0.4) is 0 Å². The normalized spacial score (nSPS) is 17.2. The molecule has 0 saturated carbocycles. The van der Waals surface area contributed by atoms with Crippen molar-refractivity contribution in [1.29, 1.82) is 5.26 Å². The number of hydrogen-bond donors (Lipinski definition) is 0. The fourth-order valence-corrected chi connectivity index (χ4v) is 3.33. The largest absolute Gasteiger partial charge is 0.264 e. The Morgan fingerprint density at radius 3 is 2.72 bits per heavy atom. The molecule has 1 aromatic carbocycles. The molecule has 1 atom stereocenters. The van der Waals surface area contributed by atoms with Gasteiger partial charge in [0.1, 0.15) is 5.40 Å². The average molecular weight is 252 g/mol. The van der Waals surface area contributed by atoms with Crippen LogP contribution in [0.25, 0.3) is 0 Å². The number of fused-ring (bicyclic) bond motifs is 2. The highest BCUT2D eigenvalue weighted by Crippen LogP contribution is 2.40. The van der Waals surface area contributed by atoms with Crippen molar-refractivity contribution in [3.63, 3.8) is 0 Å². The molecular weight excluding hydrogens is 240 g/mol. The molecular formula is C15H12N2S. The number of hydrogen-bond acceptors (Lipinski definition) is 3. The molecule has 1 aliphatic rings. The predicted molar refractivity (Wildman–Crippen MR) is 73.1 cm³/mol. The van der Waals surface area contributed by atoms with Crippen molar-refractivity contribution in [1.82, 2.24) is 4.98 Å². The van der Waals surface area contributed by atoms with Crippen molar-refractivity contribution in [3.05, 3.63) is 65.0 Å². The number of thioether (sulfide) groups is 1. The van der Waals surface area contributed by atoms with E-state index in [1.807, 2.05) is 18.5 Å². The maximum absolute atomic E-state index is 9.05. The smallest absolute Gasteiger partial charge is 0.134 e. The maximum Gasteiger partial charge on any atom is 0.134 e. The first-order valence-corrected chi connectivity index (χ1v) is 6.83. The molecule has 88 valence electrons. The molecule has 0 radical (unpaired) electrons. The van der Waals surface area contributed by atoms with Crippen LogP contribution in [0, 0.1) is 10.7 Å². The second-order valence-electron chi connectivity index (χ2n) is 4.36. The Labute approximate surface area is 111 Å². The van der Waals surface area contributed by atoms with Crippen molar-refractivity contribution in [2.45, 2.75) is 18.1 Å². The zero-order chi connectivity index (χ0) is 12.4. The lowest BCUT2D eigenvalue weighted by atomic mass is 10.0. The first kappa shape index (κ1) is 11.3. The molecule has 3 rings (SSSR count). The zero-order valence-corrected chi connectivity index (χ0v) is 10.7. The summed E-state index contributed by atoms with van der Waals surface area (Å²) < 4.78 is 0. The zero-order valence-electron chi connectivity index (χ0n) is 9.84. The van der Waals surface area contributed by atoms with Gasteiger partial charge in [-0.1, -0.05) is 24.3 Å². The molecule has 2 nitrogen and oxygen atoms in total. The third-order valence-corrected chi connectivity index (χ3v) is 4.25. The molecule has 18 heavy (non-hydrogen) atoms. The molecule has 1 heterocycles. The molecule has 1 unspecified atom stereocenters. The van der Waals surface area contributed by atoms with Gasteiger partial charge >= 0.3 is 0 Å². The van der Waals surface area contributed by atoms with Gasteiger partial charge in [-0.25, -0.2) is 0 Å². The summed E-state index contributed by atoms with van der Waals surface area (Å²) in [6, 6.07) is 10.5. The van der Waals surface area contributed by atoms with Crippen LogP contribution in [0.15, 0.2) is 42.7 Å². The van der Waals surface area contributed by atoms with E-state index in [0.29, 0.717) is 0 Å². The van der Waals surface area contributed by atoms with E-state index in [9.17, 15) is 0 Å². The third kappa shape index (κ3) is 1.89. The summed E-state index contributed by atoms with van der Waals surface area (Å²) in [5.74, 6) is 0. The van der Waals surface area contributed by atoms with Gasteiger partial charge in [0.05, 0.1) is 5.25 Å². The van der Waals surface area contributed by atoms with E-state index in [4.69, 9.17) is 5.26 Å². The summed E-state index contributed by atoms with van der Waals surface area (Å²) >= 11 is 1.32. The van der Waals surface area contributed by atoms with E-state index in [1.165, 1.54) is 34.0 Å². The minimum Gasteiger partial charge on any atom is -0.264 e. The van der Waals surface area contributed by atoms with E-state index >= 15 is 0 Å². The minimum absolute atomic E-state index is 0.0948. The summed E-state index contributed by atoms with van der Waals surface area (Å²) in [4.78, 5) is 4.22. The molecule has 0 amide bonds. The Balaban J connectivity index is 2.18. The first-order chi connectivity index (χ1) is 8.90. The number of aryl methyl sites for hydroxylation is 2. The number of nitrogens with zero attached hydrogens (tertiary/aromatic N) is 2. The first-order valence-electron chi connectivity index (χ1n) is 5.95. The van der Waals surface area contributed by atoms with Gasteiger partial charge in [0.15, 0.2) is 0 Å². The predicted octanol–water partition coefficient (Wildman–Crippen LogP) is 3.48. The maximum atomic E-state index is 9.05. The molecule has 0 N–H and O–H groups in total. The fourth-order valence-electron chi connectivity index (χ4n) is 2.53. The van der Waals surface area contributed by atoms with E-state index < -0.39 is 0 Å². The van der Waals surface area contributed by atoms with E-state index in [-0.39, 0.29) is 5.25 Å². The van der Waals surface area contributed by atoms with Crippen molar-refractivity contribution in [2.75, 3.05) is 0 Å². The van der Waals surface area contributed by atoms with E-state index in [2.05, 4.69) is 34.7 Å². The molecule has 0 aliphatic heterocycles. The topological polar surface area (TPSA) is 36.7 Å². The Hall–Kier alpha value is -1.79. The number of pyridine rings is 1. The number of benzene rings is 1. The van der Waals surface area contributed by atoms with Crippen molar-refractivity contribution in [3.8, 4) is 5.40 Å². The second kappa shape index (κ2) is 4.83. The highest BCUT2D eigenvalue weighted by molar-refractivity contribution is 8.04. The summed E-state index contributed by atoms with van der Waals surface area (Å²) in [5.41, 5.74) is 5.11. The quantitative estimate of drug-likeness (QED) is 0.729. The molecule has 3 heteroatoms. The lowest BCUT2D eigenvalue weighted by molar-refractivity contribution is 0.960. The third-order valence-electron chi connectivity index (χ3n) is 3.40. The molecule has 2 aromatic rings. The molecule has 0 spiro atoms. The Kier molecular flexibility index (Phi) is 3.04. The Bertz CT molecular complexity index is 568. The molecule has 0 bridgehead atoms. The molecule has 1 aliphatic carbocycles. The molecule has 0 fully saturated rings. The summed E-state index contributed by atoms with van der Waals surface area (Å²) in [7, 11) is 0. The van der Waals surface area contributed by atoms with Gasteiger partial charge in [-0.2, -0.15) is 5.26 Å². The Morgan fingerprint density at radius 1 is 1.11 bits per heavy atom. The monoisotopic (exact) mass is 252 g/mol. The van der Waals surface area contributed by atoms with Crippen molar-refractivity contribution >= 4 is 11.8 Å². The van der Waals surface area contributed by atoms with Crippen LogP contribution in [0.5, 0.6) is 0 Å². The van der Waals surface area contributed by atoms with Gasteiger partial charge in [-0.15, -0.1) is 0 Å². The van der Waals surface area contributed by atoms with Crippen LogP contribution >= 0.6 is 11.8 Å². The van der Waals surface area contributed by atoms with Crippen LogP contribution in [0.4, 0.5) is 0 Å². The fraction of sp³-hybridized carbons (Fsp3) is 0.200. The number of aromatic nitrogens is 1. The lowest BCUT2D eigenvalue weighted by Gasteiger charge is -2.15. The standard InChI is InChI=1S/C15H12N2S/c16-10-18-15-13-4-2-1-3-11(13)5-6-12-7-8-17-9-14(12)15/h1-4,7-9,15H,5-6H2. The van der Waals surface area contributed by atoms with Gasteiger partial charge in [-0.3, -0.25) is 4.98 Å². The Morgan fingerprint density at radius 2 is 1.89 bits per heavy atom. The van der Waals surface area contributed by atoms with E-state index in [1.54, 1.807) is 0 Å². The van der Waals surface area contributed by atoms with Gasteiger partial charge in [0.2, 0.25) is 0 Å². The van der Waals surface area contributed by atoms with Crippen LogP contribution in [0.2, 0.25) is 0 Å². The highest BCUT2D eigenvalue weighted by Gasteiger charge is 2.23. The highest BCUT2D eigenvalue weighted by atomic mass is 32.2. The molecule has 1 aromatic heterocycles. The summed E-state index contributed by atoms with van der Waals surface area (Å²) in [6.45, 7) is 0. The van der Waals surface area contributed by atoms with Crippen molar-refractivity contribution in [2.24, 2.45) is 0 Å². The van der Waals surface area contributed by atoms with E-state index in [0.717, 1.165) is 12.8 Å². The number of rotatable bonds is 1. The van der Waals surface area contributed by atoms with Crippen LogP contribution in [-0.2, 0) is 12.8 Å². The summed E-state index contributed by atoms with van der Waals surface area (Å²) in [5, 5.41) is 11.4. The van der Waals surface area contributed by atoms with Crippen LogP contribution in [-0.4, -0.2) is 4.98 Å². The van der Waals surface area contributed by atoms with Gasteiger partial charge in [-0.05, 0) is 52.9 Å². The van der Waals surface area contributed by atoms with Crippen LogP contribution in [0.1, 0.15) is 27.5 Å². The second-order valence-corrected chi connectivity index (χ2v) is 5.25. The van der Waals surface area contributed by atoms with Crippen molar-refractivity contribution < 1.29 is 0 Å². The van der Waals surface area contributed by atoms with Gasteiger partial charge in [0.25, 0.3) is 0 Å². The average Bonchev–Trinajstić information content (AvgIpc) is 2.58. The number of nitriles is 1. The summed E-state index contributed by atoms with van der Waals surface area (Å²) in [6.07, 6.45) is 5.81. The molecule has 0 saturated heterocycles.